The number of thiazole rings is 1. The zero-order valence-corrected chi connectivity index (χ0v) is 13.2. The van der Waals surface area contributed by atoms with Crippen LogP contribution in [0.3, 0.4) is 0 Å². The van der Waals surface area contributed by atoms with Crippen LogP contribution in [0.2, 0.25) is 0 Å². The van der Waals surface area contributed by atoms with Crippen LogP contribution in [0.5, 0.6) is 0 Å². The molecule has 0 aliphatic carbocycles. The Bertz CT molecular complexity index is 884. The SMILES string of the molecule is CC(=O)c1nc(C(=O)NCCc2c[nH]c3ccc(F)cc23)cs1. The Balaban J connectivity index is 1.62. The van der Waals surface area contributed by atoms with Crippen molar-refractivity contribution in [1.82, 2.24) is 15.3 Å². The molecule has 3 rings (SSSR count). The average molecular weight is 331 g/mol. The van der Waals surface area contributed by atoms with E-state index in [2.05, 4.69) is 15.3 Å². The second-order valence-corrected chi connectivity index (χ2v) is 5.96. The first kappa shape index (κ1) is 15.4. The number of fused-ring (bicyclic) bond motifs is 1. The van der Waals surface area contributed by atoms with E-state index in [1.54, 1.807) is 11.4 Å². The van der Waals surface area contributed by atoms with Crippen LogP contribution < -0.4 is 5.32 Å². The van der Waals surface area contributed by atoms with E-state index in [4.69, 9.17) is 0 Å². The largest absolute Gasteiger partial charge is 0.361 e. The standard InChI is InChI=1S/C16H14FN3O2S/c1-9(21)16-20-14(8-23-16)15(22)18-5-4-10-7-19-13-3-2-11(17)6-12(10)13/h2-3,6-8,19H,4-5H2,1H3,(H,18,22). The number of amides is 1. The third-order valence-electron chi connectivity index (χ3n) is 3.45. The number of benzene rings is 1. The molecule has 1 amide bonds. The molecule has 7 heteroatoms. The second kappa shape index (κ2) is 6.29. The molecule has 118 valence electrons. The minimum Gasteiger partial charge on any atom is -0.361 e. The molecule has 0 radical (unpaired) electrons. The normalized spacial score (nSPS) is 10.9. The summed E-state index contributed by atoms with van der Waals surface area (Å²) in [5.41, 5.74) is 2.03. The van der Waals surface area contributed by atoms with E-state index in [-0.39, 0.29) is 23.2 Å². The maximum Gasteiger partial charge on any atom is 0.270 e. The van der Waals surface area contributed by atoms with Gasteiger partial charge in [-0.15, -0.1) is 11.3 Å². The number of aromatic nitrogens is 2. The molecule has 0 spiro atoms. The molecule has 0 aliphatic rings. The molecule has 0 unspecified atom stereocenters. The lowest BCUT2D eigenvalue weighted by atomic mass is 10.1. The van der Waals surface area contributed by atoms with Crippen molar-refractivity contribution in [2.45, 2.75) is 13.3 Å². The molecule has 23 heavy (non-hydrogen) atoms. The van der Waals surface area contributed by atoms with Crippen molar-refractivity contribution in [3.8, 4) is 0 Å². The maximum atomic E-state index is 13.3. The molecule has 0 aliphatic heterocycles. The fourth-order valence-corrected chi connectivity index (χ4v) is 3.00. The molecule has 2 heterocycles. The Morgan fingerprint density at radius 1 is 1.39 bits per heavy atom. The molecule has 0 bridgehead atoms. The number of nitrogens with one attached hydrogen (secondary N) is 2. The number of H-pyrrole nitrogens is 1. The van der Waals surface area contributed by atoms with E-state index in [9.17, 15) is 14.0 Å². The summed E-state index contributed by atoms with van der Waals surface area (Å²) in [5, 5.41) is 5.45. The number of hydrogen-bond donors (Lipinski definition) is 2. The average Bonchev–Trinajstić information content (AvgIpc) is 3.14. The van der Waals surface area contributed by atoms with Crippen molar-refractivity contribution in [2.24, 2.45) is 0 Å². The quantitative estimate of drug-likeness (QED) is 0.706. The Morgan fingerprint density at radius 2 is 2.22 bits per heavy atom. The van der Waals surface area contributed by atoms with Gasteiger partial charge < -0.3 is 10.3 Å². The van der Waals surface area contributed by atoms with Crippen molar-refractivity contribution in [3.05, 3.63) is 51.9 Å². The van der Waals surface area contributed by atoms with Gasteiger partial charge in [-0.1, -0.05) is 0 Å². The number of carbonyl (C=O) groups is 2. The molecule has 0 fully saturated rings. The van der Waals surface area contributed by atoms with Crippen LogP contribution in [-0.4, -0.2) is 28.2 Å². The summed E-state index contributed by atoms with van der Waals surface area (Å²) in [6.07, 6.45) is 2.38. The highest BCUT2D eigenvalue weighted by atomic mass is 32.1. The first-order valence-corrected chi connectivity index (χ1v) is 7.93. The number of nitrogens with zero attached hydrogens (tertiary/aromatic N) is 1. The van der Waals surface area contributed by atoms with Gasteiger partial charge in [0.1, 0.15) is 11.5 Å². The van der Waals surface area contributed by atoms with E-state index in [0.717, 1.165) is 27.8 Å². The molecule has 0 saturated carbocycles. The van der Waals surface area contributed by atoms with Crippen molar-refractivity contribution < 1.29 is 14.0 Å². The number of halogens is 1. The number of carbonyl (C=O) groups excluding carboxylic acids is 2. The van der Waals surface area contributed by atoms with Crippen LogP contribution in [-0.2, 0) is 6.42 Å². The summed E-state index contributed by atoms with van der Waals surface area (Å²) in [7, 11) is 0. The first-order chi connectivity index (χ1) is 11.0. The molecule has 0 atom stereocenters. The van der Waals surface area contributed by atoms with Crippen LogP contribution in [0, 0.1) is 5.82 Å². The lowest BCUT2D eigenvalue weighted by Gasteiger charge is -2.03. The zero-order valence-electron chi connectivity index (χ0n) is 12.4. The van der Waals surface area contributed by atoms with Crippen LogP contribution >= 0.6 is 11.3 Å². The van der Waals surface area contributed by atoms with Crippen molar-refractivity contribution >= 4 is 33.9 Å². The fourth-order valence-electron chi connectivity index (χ4n) is 2.30. The van der Waals surface area contributed by atoms with Crippen LogP contribution in [0.4, 0.5) is 4.39 Å². The van der Waals surface area contributed by atoms with Gasteiger partial charge in [-0.3, -0.25) is 9.59 Å². The summed E-state index contributed by atoms with van der Waals surface area (Å²) in [4.78, 5) is 30.2. The van der Waals surface area contributed by atoms with Crippen molar-refractivity contribution in [2.75, 3.05) is 6.54 Å². The lowest BCUT2D eigenvalue weighted by molar-refractivity contribution is 0.0950. The monoisotopic (exact) mass is 331 g/mol. The topological polar surface area (TPSA) is 74.8 Å². The smallest absolute Gasteiger partial charge is 0.270 e. The van der Waals surface area contributed by atoms with Gasteiger partial charge in [0, 0.05) is 35.9 Å². The van der Waals surface area contributed by atoms with E-state index >= 15 is 0 Å². The molecule has 2 aromatic heterocycles. The highest BCUT2D eigenvalue weighted by Crippen LogP contribution is 2.19. The fraction of sp³-hybridized carbons (Fsp3) is 0.188. The van der Waals surface area contributed by atoms with Crippen LogP contribution in [0.1, 0.15) is 32.8 Å². The third-order valence-corrected chi connectivity index (χ3v) is 4.39. The number of hydrogen-bond acceptors (Lipinski definition) is 4. The molecule has 0 saturated heterocycles. The number of Topliss-reactive ketones (excluding diaryl/α,β-unsaturated/α-hetero) is 1. The lowest BCUT2D eigenvalue weighted by Crippen LogP contribution is -2.26. The minimum atomic E-state index is -0.320. The number of aromatic amines is 1. The Morgan fingerprint density at radius 3 is 2.96 bits per heavy atom. The highest BCUT2D eigenvalue weighted by Gasteiger charge is 2.13. The summed E-state index contributed by atoms with van der Waals surface area (Å²) < 4.78 is 13.3. The van der Waals surface area contributed by atoms with Crippen molar-refractivity contribution in [3.63, 3.8) is 0 Å². The minimum absolute atomic E-state index is 0.158. The predicted molar refractivity (Wildman–Crippen MR) is 86.4 cm³/mol. The third kappa shape index (κ3) is 3.29. The molecular weight excluding hydrogens is 317 g/mol. The van der Waals surface area contributed by atoms with Gasteiger partial charge in [-0.25, -0.2) is 9.37 Å². The Labute approximate surface area is 135 Å². The molecule has 2 N–H and O–H groups in total. The van der Waals surface area contributed by atoms with Gasteiger partial charge in [-0.05, 0) is 30.2 Å². The summed E-state index contributed by atoms with van der Waals surface area (Å²) >= 11 is 1.15. The first-order valence-electron chi connectivity index (χ1n) is 7.05. The summed E-state index contributed by atoms with van der Waals surface area (Å²) in [6.45, 7) is 1.81. The number of rotatable bonds is 5. The van der Waals surface area contributed by atoms with Gasteiger partial charge in [0.2, 0.25) is 0 Å². The zero-order chi connectivity index (χ0) is 16.4. The van der Waals surface area contributed by atoms with E-state index < -0.39 is 0 Å². The molecule has 3 aromatic rings. The van der Waals surface area contributed by atoms with Gasteiger partial charge in [-0.2, -0.15) is 0 Å². The van der Waals surface area contributed by atoms with Crippen molar-refractivity contribution in [1.29, 1.82) is 0 Å². The summed E-state index contributed by atoms with van der Waals surface area (Å²) in [6, 6.07) is 4.56. The van der Waals surface area contributed by atoms with Gasteiger partial charge in [0.25, 0.3) is 5.91 Å². The number of ketones is 1. The molecule has 5 nitrogen and oxygen atoms in total. The highest BCUT2D eigenvalue weighted by molar-refractivity contribution is 7.11. The predicted octanol–water partition coefficient (Wildman–Crippen LogP) is 2.94. The Hall–Kier alpha value is -2.54. The second-order valence-electron chi connectivity index (χ2n) is 5.10. The van der Waals surface area contributed by atoms with Gasteiger partial charge in [0.05, 0.1) is 0 Å². The van der Waals surface area contributed by atoms with E-state index in [1.807, 2.05) is 6.20 Å². The van der Waals surface area contributed by atoms with E-state index in [0.29, 0.717) is 18.0 Å². The van der Waals surface area contributed by atoms with Gasteiger partial charge >= 0.3 is 0 Å². The van der Waals surface area contributed by atoms with Crippen LogP contribution in [0.25, 0.3) is 10.9 Å². The summed E-state index contributed by atoms with van der Waals surface area (Å²) in [5.74, 6) is -0.767. The van der Waals surface area contributed by atoms with Gasteiger partial charge in [0.15, 0.2) is 10.8 Å². The maximum absolute atomic E-state index is 13.3. The van der Waals surface area contributed by atoms with Crippen LogP contribution in [0.15, 0.2) is 29.8 Å². The molecular formula is C16H14FN3O2S. The molecule has 1 aromatic carbocycles. The Kier molecular flexibility index (Phi) is 4.20. The van der Waals surface area contributed by atoms with E-state index in [1.165, 1.54) is 19.1 Å².